The fourth-order valence-electron chi connectivity index (χ4n) is 2.73. The van der Waals surface area contributed by atoms with E-state index in [4.69, 9.17) is 0 Å². The van der Waals surface area contributed by atoms with Crippen molar-refractivity contribution in [1.29, 1.82) is 0 Å². The Morgan fingerprint density at radius 2 is 1.20 bits per heavy atom. The van der Waals surface area contributed by atoms with Gasteiger partial charge in [0.2, 0.25) is 0 Å². The average molecular weight is 283 g/mol. The molecular weight excluding hydrogens is 244 g/mol. The number of ketones is 1. The average Bonchev–Trinajstić information content (AvgIpc) is 2.43. The van der Waals surface area contributed by atoms with E-state index < -0.39 is 0 Å². The number of unbranched alkanes of at least 4 members (excludes halogenated alkanes) is 2. The third-order valence-electron chi connectivity index (χ3n) is 4.97. The second-order valence-electron chi connectivity index (χ2n) is 6.90. The molecule has 0 aromatic rings. The standard InChI is InChI=1S/C19H38O/c1-6-16(3)12-9-8-10-14-19(18(5)20)15-11-13-17(4)7-2/h16-17,19H,6-15H2,1-5H3. The normalized spacial score (nSPS) is 15.8. The Hall–Kier alpha value is -0.330. The van der Waals surface area contributed by atoms with Gasteiger partial charge in [-0.15, -0.1) is 0 Å². The number of rotatable bonds is 13. The first kappa shape index (κ1) is 19.7. The predicted molar refractivity (Wildman–Crippen MR) is 90.0 cm³/mol. The van der Waals surface area contributed by atoms with Crippen molar-refractivity contribution in [3.05, 3.63) is 0 Å². The Bertz CT molecular complexity index is 234. The maximum atomic E-state index is 11.7. The first-order valence-corrected chi connectivity index (χ1v) is 9.01. The molecule has 20 heavy (non-hydrogen) atoms. The highest BCUT2D eigenvalue weighted by atomic mass is 16.1. The van der Waals surface area contributed by atoms with Crippen LogP contribution in [0.2, 0.25) is 0 Å². The van der Waals surface area contributed by atoms with Gasteiger partial charge in [-0.05, 0) is 31.6 Å². The van der Waals surface area contributed by atoms with Crippen molar-refractivity contribution < 1.29 is 4.79 Å². The summed E-state index contributed by atoms with van der Waals surface area (Å²) >= 11 is 0. The number of carbonyl (C=O) groups is 1. The van der Waals surface area contributed by atoms with Crippen LogP contribution >= 0.6 is 0 Å². The molecule has 0 fully saturated rings. The number of carbonyl (C=O) groups excluding carboxylic acids is 1. The molecule has 0 saturated heterocycles. The van der Waals surface area contributed by atoms with Gasteiger partial charge in [-0.2, -0.15) is 0 Å². The number of hydrogen-bond donors (Lipinski definition) is 0. The largest absolute Gasteiger partial charge is 0.300 e. The van der Waals surface area contributed by atoms with Gasteiger partial charge in [0.25, 0.3) is 0 Å². The lowest BCUT2D eigenvalue weighted by atomic mass is 9.89. The van der Waals surface area contributed by atoms with E-state index in [0.29, 0.717) is 11.7 Å². The van der Waals surface area contributed by atoms with Crippen LogP contribution in [0.5, 0.6) is 0 Å². The lowest BCUT2D eigenvalue weighted by Gasteiger charge is -2.15. The summed E-state index contributed by atoms with van der Waals surface area (Å²) in [6.07, 6.45) is 12.6. The zero-order chi connectivity index (χ0) is 15.4. The number of hydrogen-bond acceptors (Lipinski definition) is 1. The van der Waals surface area contributed by atoms with Crippen LogP contribution in [0.1, 0.15) is 98.8 Å². The smallest absolute Gasteiger partial charge is 0.132 e. The van der Waals surface area contributed by atoms with Crippen LogP contribution in [0.25, 0.3) is 0 Å². The maximum absolute atomic E-state index is 11.7. The molecule has 0 saturated carbocycles. The second kappa shape index (κ2) is 12.4. The van der Waals surface area contributed by atoms with E-state index >= 15 is 0 Å². The highest BCUT2D eigenvalue weighted by Crippen LogP contribution is 2.21. The van der Waals surface area contributed by atoms with Gasteiger partial charge in [0.1, 0.15) is 5.78 Å². The molecule has 0 amide bonds. The highest BCUT2D eigenvalue weighted by molar-refractivity contribution is 5.78. The summed E-state index contributed by atoms with van der Waals surface area (Å²) in [5.41, 5.74) is 0. The van der Waals surface area contributed by atoms with E-state index in [9.17, 15) is 4.79 Å². The molecule has 0 heterocycles. The van der Waals surface area contributed by atoms with Crippen LogP contribution < -0.4 is 0 Å². The van der Waals surface area contributed by atoms with Crippen molar-refractivity contribution in [3.63, 3.8) is 0 Å². The van der Waals surface area contributed by atoms with Crippen LogP contribution in [-0.4, -0.2) is 5.78 Å². The van der Waals surface area contributed by atoms with Crippen molar-refractivity contribution in [2.24, 2.45) is 17.8 Å². The first-order valence-electron chi connectivity index (χ1n) is 9.01. The van der Waals surface area contributed by atoms with Crippen molar-refractivity contribution >= 4 is 5.78 Å². The van der Waals surface area contributed by atoms with E-state index in [1.165, 1.54) is 51.4 Å². The van der Waals surface area contributed by atoms with E-state index in [0.717, 1.165) is 24.7 Å². The minimum atomic E-state index is 0.336. The van der Waals surface area contributed by atoms with Crippen LogP contribution in [-0.2, 0) is 4.79 Å². The summed E-state index contributed by atoms with van der Waals surface area (Å²) in [5.74, 6) is 2.44. The monoisotopic (exact) mass is 282 g/mol. The Morgan fingerprint density at radius 3 is 1.70 bits per heavy atom. The van der Waals surface area contributed by atoms with Gasteiger partial charge in [0.15, 0.2) is 0 Å². The molecule has 0 aliphatic rings. The van der Waals surface area contributed by atoms with Gasteiger partial charge in [-0.25, -0.2) is 0 Å². The summed E-state index contributed by atoms with van der Waals surface area (Å²) in [6, 6.07) is 0. The molecule has 3 unspecified atom stereocenters. The van der Waals surface area contributed by atoms with Gasteiger partial charge in [-0.1, -0.05) is 79.1 Å². The molecule has 0 aliphatic carbocycles. The molecule has 0 spiro atoms. The van der Waals surface area contributed by atoms with Gasteiger partial charge >= 0.3 is 0 Å². The van der Waals surface area contributed by atoms with Crippen LogP contribution in [0, 0.1) is 17.8 Å². The SMILES string of the molecule is CCC(C)CCCCCC(CCCC(C)CC)C(C)=O. The van der Waals surface area contributed by atoms with Gasteiger partial charge in [0, 0.05) is 5.92 Å². The Balaban J connectivity index is 3.72. The first-order chi connectivity index (χ1) is 9.51. The quantitative estimate of drug-likeness (QED) is 0.357. The third-order valence-corrected chi connectivity index (χ3v) is 4.97. The molecular formula is C19H38O. The van der Waals surface area contributed by atoms with Gasteiger partial charge < -0.3 is 0 Å². The van der Waals surface area contributed by atoms with Crippen molar-refractivity contribution in [2.45, 2.75) is 98.8 Å². The molecule has 0 aromatic heterocycles. The molecule has 0 rings (SSSR count). The fourth-order valence-corrected chi connectivity index (χ4v) is 2.73. The van der Waals surface area contributed by atoms with Crippen molar-refractivity contribution in [1.82, 2.24) is 0 Å². The van der Waals surface area contributed by atoms with E-state index in [1.807, 2.05) is 0 Å². The predicted octanol–water partition coefficient (Wildman–Crippen LogP) is 6.40. The van der Waals surface area contributed by atoms with Gasteiger partial charge in [-0.3, -0.25) is 4.79 Å². The molecule has 1 heteroatoms. The molecule has 3 atom stereocenters. The summed E-state index contributed by atoms with van der Waals surface area (Å²) in [5, 5.41) is 0. The third kappa shape index (κ3) is 10.5. The van der Waals surface area contributed by atoms with Gasteiger partial charge in [0.05, 0.1) is 0 Å². The Morgan fingerprint density at radius 1 is 0.750 bits per heavy atom. The zero-order valence-electron chi connectivity index (χ0n) is 14.7. The van der Waals surface area contributed by atoms with E-state index in [2.05, 4.69) is 27.7 Å². The second-order valence-corrected chi connectivity index (χ2v) is 6.90. The molecule has 0 aromatic carbocycles. The maximum Gasteiger partial charge on any atom is 0.132 e. The topological polar surface area (TPSA) is 17.1 Å². The van der Waals surface area contributed by atoms with E-state index in [1.54, 1.807) is 6.92 Å². The fraction of sp³-hybridized carbons (Fsp3) is 0.947. The number of Topliss-reactive ketones (excluding diaryl/α,β-unsaturated/α-hetero) is 1. The highest BCUT2D eigenvalue weighted by Gasteiger charge is 2.14. The summed E-state index contributed by atoms with van der Waals surface area (Å²) in [6.45, 7) is 11.0. The van der Waals surface area contributed by atoms with Crippen molar-refractivity contribution in [2.75, 3.05) is 0 Å². The zero-order valence-corrected chi connectivity index (χ0v) is 14.7. The minimum Gasteiger partial charge on any atom is -0.300 e. The molecule has 0 bridgehead atoms. The van der Waals surface area contributed by atoms with Crippen molar-refractivity contribution in [3.8, 4) is 0 Å². The lowest BCUT2D eigenvalue weighted by Crippen LogP contribution is -2.11. The summed E-state index contributed by atoms with van der Waals surface area (Å²) in [7, 11) is 0. The molecule has 0 radical (unpaired) electrons. The van der Waals surface area contributed by atoms with E-state index in [-0.39, 0.29) is 0 Å². The minimum absolute atomic E-state index is 0.336. The molecule has 0 N–H and O–H groups in total. The molecule has 1 nitrogen and oxygen atoms in total. The molecule has 120 valence electrons. The van der Waals surface area contributed by atoms with Crippen LogP contribution in [0.3, 0.4) is 0 Å². The summed E-state index contributed by atoms with van der Waals surface area (Å²) < 4.78 is 0. The molecule has 0 aliphatic heterocycles. The lowest BCUT2D eigenvalue weighted by molar-refractivity contribution is -0.121. The van der Waals surface area contributed by atoms with Crippen LogP contribution in [0.4, 0.5) is 0 Å². The summed E-state index contributed by atoms with van der Waals surface area (Å²) in [4.78, 5) is 11.7. The Labute approximate surface area is 127 Å². The Kier molecular flexibility index (Phi) is 12.2. The van der Waals surface area contributed by atoms with Crippen LogP contribution in [0.15, 0.2) is 0 Å².